The van der Waals surface area contributed by atoms with E-state index in [4.69, 9.17) is 4.74 Å². The largest absolute Gasteiger partial charge is 0.452 e. The van der Waals surface area contributed by atoms with Crippen LogP contribution < -0.4 is 5.56 Å². The van der Waals surface area contributed by atoms with Crippen molar-refractivity contribution in [3.8, 4) is 0 Å². The van der Waals surface area contributed by atoms with Gasteiger partial charge < -0.3 is 14.6 Å². The van der Waals surface area contributed by atoms with Gasteiger partial charge in [0.15, 0.2) is 12.3 Å². The number of Topliss-reactive ketones (excluding diaryl/α,β-unsaturated/α-hetero) is 1. The summed E-state index contributed by atoms with van der Waals surface area (Å²) in [5.41, 5.74) is 0.209. The van der Waals surface area contributed by atoms with E-state index < -0.39 is 18.4 Å². The first kappa shape index (κ1) is 19.6. The Hall–Kier alpha value is -3.75. The lowest BCUT2D eigenvalue weighted by Gasteiger charge is -2.13. The number of rotatable bonds is 5. The standard InChI is InChI=1S/C21H20N4O5/c1-24-19(27)15-7-3-2-6-14(15)18(23-24)21(29)30-12-17(26)13-10-16(22-11-13)20(28)25-8-4-5-9-25/h2-3,6-7,10-11,22H,4-5,8-9,12H2,1H3. The Labute approximate surface area is 171 Å². The quantitative estimate of drug-likeness (QED) is 0.506. The molecule has 9 nitrogen and oxygen atoms in total. The number of benzene rings is 1. The Kier molecular flexibility index (Phi) is 5.18. The maximum atomic E-state index is 12.5. The third-order valence-electron chi connectivity index (χ3n) is 5.11. The second-order valence-electron chi connectivity index (χ2n) is 7.12. The fourth-order valence-electron chi connectivity index (χ4n) is 3.50. The van der Waals surface area contributed by atoms with Crippen molar-refractivity contribution in [1.29, 1.82) is 0 Å². The van der Waals surface area contributed by atoms with Crippen molar-refractivity contribution < 1.29 is 19.1 Å². The minimum atomic E-state index is -0.806. The number of nitrogens with zero attached hydrogens (tertiary/aromatic N) is 3. The molecular weight excluding hydrogens is 388 g/mol. The van der Waals surface area contributed by atoms with Crippen LogP contribution in [-0.2, 0) is 11.8 Å². The number of aryl methyl sites for hydroxylation is 1. The fraction of sp³-hybridized carbons (Fsp3) is 0.286. The topological polar surface area (TPSA) is 114 Å². The first-order chi connectivity index (χ1) is 14.5. The van der Waals surface area contributed by atoms with Gasteiger partial charge in [-0.15, -0.1) is 0 Å². The highest BCUT2D eigenvalue weighted by atomic mass is 16.5. The minimum Gasteiger partial charge on any atom is -0.452 e. The van der Waals surface area contributed by atoms with Crippen LogP contribution in [0.1, 0.15) is 44.2 Å². The Morgan fingerprint density at radius 1 is 1.13 bits per heavy atom. The number of aromatic nitrogens is 3. The summed E-state index contributed by atoms with van der Waals surface area (Å²) in [7, 11) is 1.44. The molecule has 30 heavy (non-hydrogen) atoms. The van der Waals surface area contributed by atoms with Gasteiger partial charge in [0.2, 0.25) is 5.78 Å². The average Bonchev–Trinajstić information content (AvgIpc) is 3.46. The van der Waals surface area contributed by atoms with E-state index in [1.54, 1.807) is 29.2 Å². The lowest BCUT2D eigenvalue weighted by atomic mass is 10.1. The van der Waals surface area contributed by atoms with Crippen molar-refractivity contribution >= 4 is 28.4 Å². The van der Waals surface area contributed by atoms with Gasteiger partial charge in [0.05, 0.1) is 5.39 Å². The Balaban J connectivity index is 1.47. The number of amides is 1. The molecule has 3 heterocycles. The second kappa shape index (κ2) is 7.94. The molecule has 1 aliphatic rings. The molecule has 0 aliphatic carbocycles. The van der Waals surface area contributed by atoms with Crippen molar-refractivity contribution in [2.75, 3.05) is 19.7 Å². The van der Waals surface area contributed by atoms with Gasteiger partial charge in [0.1, 0.15) is 5.69 Å². The number of ketones is 1. The van der Waals surface area contributed by atoms with E-state index in [-0.39, 0.29) is 22.7 Å². The lowest BCUT2D eigenvalue weighted by Crippen LogP contribution is -2.27. The summed E-state index contributed by atoms with van der Waals surface area (Å²) in [6.45, 7) is 0.908. The third kappa shape index (κ3) is 3.61. The van der Waals surface area contributed by atoms with Crippen molar-refractivity contribution in [2.24, 2.45) is 7.05 Å². The van der Waals surface area contributed by atoms with E-state index >= 15 is 0 Å². The molecular formula is C21H20N4O5. The predicted octanol–water partition coefficient (Wildman–Crippen LogP) is 1.54. The highest BCUT2D eigenvalue weighted by Crippen LogP contribution is 2.16. The number of fused-ring (bicyclic) bond motifs is 1. The molecule has 0 saturated carbocycles. The van der Waals surface area contributed by atoms with E-state index in [1.165, 1.54) is 19.3 Å². The van der Waals surface area contributed by atoms with Crippen LogP contribution in [0.5, 0.6) is 0 Å². The smallest absolute Gasteiger partial charge is 0.359 e. The molecule has 0 atom stereocenters. The van der Waals surface area contributed by atoms with Crippen molar-refractivity contribution in [3.63, 3.8) is 0 Å². The molecule has 0 bridgehead atoms. The number of carbonyl (C=O) groups is 3. The molecule has 1 amide bonds. The summed E-state index contributed by atoms with van der Waals surface area (Å²) < 4.78 is 6.20. The molecule has 1 aliphatic heterocycles. The maximum Gasteiger partial charge on any atom is 0.359 e. The Morgan fingerprint density at radius 3 is 2.57 bits per heavy atom. The Morgan fingerprint density at radius 2 is 1.83 bits per heavy atom. The lowest BCUT2D eigenvalue weighted by molar-refractivity contribution is 0.0468. The monoisotopic (exact) mass is 408 g/mol. The summed E-state index contributed by atoms with van der Waals surface area (Å²) in [5.74, 6) is -1.40. The van der Waals surface area contributed by atoms with Gasteiger partial charge in [0, 0.05) is 37.3 Å². The van der Waals surface area contributed by atoms with Crippen LogP contribution in [0.15, 0.2) is 41.3 Å². The van der Waals surface area contributed by atoms with Crippen LogP contribution >= 0.6 is 0 Å². The van der Waals surface area contributed by atoms with Gasteiger partial charge in [-0.3, -0.25) is 14.4 Å². The van der Waals surface area contributed by atoms with Crippen LogP contribution in [0.2, 0.25) is 0 Å². The SMILES string of the molecule is Cn1nc(C(=O)OCC(=O)c2c[nH]c(C(=O)N3CCCC3)c2)c2ccccc2c1=O. The van der Waals surface area contributed by atoms with E-state index in [1.807, 2.05) is 0 Å². The number of hydrogen-bond acceptors (Lipinski definition) is 6. The first-order valence-electron chi connectivity index (χ1n) is 9.60. The molecule has 154 valence electrons. The fourth-order valence-corrected chi connectivity index (χ4v) is 3.50. The third-order valence-corrected chi connectivity index (χ3v) is 5.11. The van der Waals surface area contributed by atoms with E-state index in [0.717, 1.165) is 17.5 Å². The summed E-state index contributed by atoms with van der Waals surface area (Å²) in [5, 5.41) is 4.68. The number of esters is 1. The molecule has 1 saturated heterocycles. The number of carbonyl (C=O) groups excluding carboxylic acids is 3. The molecule has 3 aromatic rings. The molecule has 0 unspecified atom stereocenters. The van der Waals surface area contributed by atoms with Crippen LogP contribution in [0.25, 0.3) is 10.8 Å². The van der Waals surface area contributed by atoms with Crippen LogP contribution in [0.4, 0.5) is 0 Å². The molecule has 1 N–H and O–H groups in total. The normalized spacial score (nSPS) is 13.6. The molecule has 1 fully saturated rings. The minimum absolute atomic E-state index is 0.0422. The molecule has 2 aromatic heterocycles. The zero-order valence-electron chi connectivity index (χ0n) is 16.4. The summed E-state index contributed by atoms with van der Waals surface area (Å²) in [6.07, 6.45) is 3.38. The van der Waals surface area contributed by atoms with Crippen molar-refractivity contribution in [3.05, 3.63) is 63.8 Å². The summed E-state index contributed by atoms with van der Waals surface area (Å²) >= 11 is 0. The number of likely N-dealkylation sites (tertiary alicyclic amines) is 1. The van der Waals surface area contributed by atoms with E-state index in [2.05, 4.69) is 10.1 Å². The molecule has 1 aromatic carbocycles. The predicted molar refractivity (Wildman–Crippen MR) is 108 cm³/mol. The average molecular weight is 408 g/mol. The van der Waals surface area contributed by atoms with Crippen molar-refractivity contribution in [1.82, 2.24) is 19.7 Å². The molecule has 0 spiro atoms. The van der Waals surface area contributed by atoms with E-state index in [9.17, 15) is 19.2 Å². The second-order valence-corrected chi connectivity index (χ2v) is 7.12. The van der Waals surface area contributed by atoms with Gasteiger partial charge in [-0.25, -0.2) is 9.48 Å². The van der Waals surface area contributed by atoms with Gasteiger partial charge in [-0.1, -0.05) is 18.2 Å². The van der Waals surface area contributed by atoms with Crippen LogP contribution in [0.3, 0.4) is 0 Å². The molecule has 9 heteroatoms. The number of ether oxygens (including phenoxy) is 1. The molecule has 4 rings (SSSR count). The van der Waals surface area contributed by atoms with Gasteiger partial charge in [-0.2, -0.15) is 5.10 Å². The van der Waals surface area contributed by atoms with Gasteiger partial charge in [0.25, 0.3) is 11.5 Å². The van der Waals surface area contributed by atoms with Crippen LogP contribution in [-0.4, -0.2) is 57.0 Å². The van der Waals surface area contributed by atoms with Crippen molar-refractivity contribution in [2.45, 2.75) is 12.8 Å². The van der Waals surface area contributed by atoms with E-state index in [0.29, 0.717) is 29.6 Å². The maximum absolute atomic E-state index is 12.5. The molecule has 0 radical (unpaired) electrons. The zero-order valence-corrected chi connectivity index (χ0v) is 16.4. The number of hydrogen-bond donors (Lipinski definition) is 1. The highest BCUT2D eigenvalue weighted by molar-refractivity contribution is 6.05. The summed E-state index contributed by atoms with van der Waals surface area (Å²) in [4.78, 5) is 54.0. The number of aromatic amines is 1. The van der Waals surface area contributed by atoms with Gasteiger partial charge >= 0.3 is 5.97 Å². The highest BCUT2D eigenvalue weighted by Gasteiger charge is 2.23. The van der Waals surface area contributed by atoms with Gasteiger partial charge in [-0.05, 0) is 25.0 Å². The first-order valence-corrected chi connectivity index (χ1v) is 9.60. The summed E-state index contributed by atoms with van der Waals surface area (Å²) in [6, 6.07) is 8.04. The zero-order chi connectivity index (χ0) is 21.3. The van der Waals surface area contributed by atoms with Crippen LogP contribution in [0, 0.1) is 0 Å². The number of H-pyrrole nitrogens is 1. The Bertz CT molecular complexity index is 1200. The number of nitrogens with one attached hydrogen (secondary N) is 1.